The van der Waals surface area contributed by atoms with Gasteiger partial charge in [-0.3, -0.25) is 4.79 Å². The van der Waals surface area contributed by atoms with Crippen molar-refractivity contribution in [2.24, 2.45) is 5.92 Å². The third-order valence-electron chi connectivity index (χ3n) is 4.21. The smallest absolute Gasteiger partial charge is 0.328 e. The van der Waals surface area contributed by atoms with Gasteiger partial charge < -0.3 is 10.1 Å². The van der Waals surface area contributed by atoms with E-state index in [0.29, 0.717) is 11.4 Å². The molecule has 0 aliphatic heterocycles. The van der Waals surface area contributed by atoms with Crippen LogP contribution < -0.4 is 5.32 Å². The number of hydrogen-bond acceptors (Lipinski definition) is 3. The first-order valence-corrected chi connectivity index (χ1v) is 9.00. The zero-order valence-corrected chi connectivity index (χ0v) is 15.5. The molecule has 0 unspecified atom stereocenters. The van der Waals surface area contributed by atoms with E-state index in [1.807, 2.05) is 6.07 Å². The van der Waals surface area contributed by atoms with Crippen molar-refractivity contribution >= 4 is 39.4 Å². The van der Waals surface area contributed by atoms with Crippen LogP contribution in [0, 0.1) is 5.92 Å². The summed E-state index contributed by atoms with van der Waals surface area (Å²) >= 11 is 9.47. The number of ether oxygens (including phenoxy) is 1. The van der Waals surface area contributed by atoms with Crippen molar-refractivity contribution in [1.29, 1.82) is 0 Å². The Kier molecular flexibility index (Phi) is 6.90. The van der Waals surface area contributed by atoms with E-state index in [9.17, 15) is 9.59 Å². The number of rotatable bonds is 5. The quantitative estimate of drug-likeness (QED) is 0.760. The van der Waals surface area contributed by atoms with Crippen LogP contribution in [-0.2, 0) is 20.7 Å². The van der Waals surface area contributed by atoms with E-state index in [-0.39, 0.29) is 11.8 Å². The highest BCUT2D eigenvalue weighted by atomic mass is 79.9. The fraction of sp³-hybridized carbons (Fsp3) is 0.529. The first-order chi connectivity index (χ1) is 11.0. The van der Waals surface area contributed by atoms with Crippen molar-refractivity contribution in [3.63, 3.8) is 0 Å². The van der Waals surface area contributed by atoms with Crippen molar-refractivity contribution in [1.82, 2.24) is 5.32 Å². The Morgan fingerprint density at radius 3 is 2.70 bits per heavy atom. The maximum absolute atomic E-state index is 12.4. The van der Waals surface area contributed by atoms with Crippen LogP contribution in [0.25, 0.3) is 0 Å². The highest BCUT2D eigenvalue weighted by Crippen LogP contribution is 2.25. The number of nitrogens with one attached hydrogen (secondary N) is 1. The molecule has 1 fully saturated rings. The second-order valence-electron chi connectivity index (χ2n) is 5.86. The maximum Gasteiger partial charge on any atom is 0.328 e. The highest BCUT2D eigenvalue weighted by molar-refractivity contribution is 9.10. The third kappa shape index (κ3) is 5.21. The predicted molar refractivity (Wildman–Crippen MR) is 93.4 cm³/mol. The van der Waals surface area contributed by atoms with Gasteiger partial charge in [0, 0.05) is 21.8 Å². The molecular weight excluding hydrogens is 382 g/mol. The molecule has 1 aliphatic carbocycles. The standard InChI is InChI=1S/C17H21BrClNO3/c1-23-17(22)15(10-12-9-13(19)7-8-14(12)18)20-16(21)11-5-3-2-4-6-11/h7-9,11,15H,2-6,10H2,1H3,(H,20,21)/t15-/m0/s1. The van der Waals surface area contributed by atoms with Gasteiger partial charge in [-0.15, -0.1) is 0 Å². The number of halogens is 2. The molecule has 126 valence electrons. The second kappa shape index (κ2) is 8.69. The Hall–Kier alpha value is -1.07. The number of methoxy groups -OCH3 is 1. The minimum absolute atomic E-state index is 0.00120. The van der Waals surface area contributed by atoms with Crippen LogP contribution in [0.1, 0.15) is 37.7 Å². The lowest BCUT2D eigenvalue weighted by atomic mass is 9.88. The van der Waals surface area contributed by atoms with Crippen LogP contribution in [0.4, 0.5) is 0 Å². The average molecular weight is 403 g/mol. The van der Waals surface area contributed by atoms with Crippen LogP contribution in [0.3, 0.4) is 0 Å². The number of hydrogen-bond donors (Lipinski definition) is 1. The molecule has 0 aromatic heterocycles. The summed E-state index contributed by atoms with van der Waals surface area (Å²) in [6.45, 7) is 0. The second-order valence-corrected chi connectivity index (χ2v) is 7.15. The van der Waals surface area contributed by atoms with E-state index in [1.54, 1.807) is 12.1 Å². The number of carbonyl (C=O) groups excluding carboxylic acids is 2. The molecule has 1 saturated carbocycles. The number of benzene rings is 1. The molecule has 1 aromatic rings. The zero-order valence-electron chi connectivity index (χ0n) is 13.1. The summed E-state index contributed by atoms with van der Waals surface area (Å²) in [7, 11) is 1.33. The minimum atomic E-state index is -0.704. The summed E-state index contributed by atoms with van der Waals surface area (Å²) in [6, 6.07) is 4.68. The summed E-state index contributed by atoms with van der Waals surface area (Å²) in [5.74, 6) is -0.502. The Balaban J connectivity index is 2.08. The van der Waals surface area contributed by atoms with Crippen LogP contribution >= 0.6 is 27.5 Å². The third-order valence-corrected chi connectivity index (χ3v) is 5.22. The van der Waals surface area contributed by atoms with E-state index in [1.165, 1.54) is 13.5 Å². The molecular formula is C17H21BrClNO3. The lowest BCUT2D eigenvalue weighted by molar-refractivity contribution is -0.145. The summed E-state index contributed by atoms with van der Waals surface area (Å²) in [6.07, 6.45) is 5.44. The normalized spacial score (nSPS) is 16.7. The first-order valence-electron chi connectivity index (χ1n) is 7.83. The molecule has 1 aromatic carbocycles. The van der Waals surface area contributed by atoms with Gasteiger partial charge in [0.15, 0.2) is 0 Å². The molecule has 4 nitrogen and oxygen atoms in total. The predicted octanol–water partition coefficient (Wildman–Crippen LogP) is 3.88. The minimum Gasteiger partial charge on any atom is -0.467 e. The SMILES string of the molecule is COC(=O)[C@H](Cc1cc(Cl)ccc1Br)NC(=O)C1CCCCC1. The summed E-state index contributed by atoms with van der Waals surface area (Å²) < 4.78 is 5.69. The van der Waals surface area contributed by atoms with Gasteiger partial charge in [-0.05, 0) is 36.6 Å². The molecule has 23 heavy (non-hydrogen) atoms. The van der Waals surface area contributed by atoms with E-state index in [4.69, 9.17) is 16.3 Å². The van der Waals surface area contributed by atoms with Crippen LogP contribution in [0.15, 0.2) is 22.7 Å². The molecule has 0 saturated heterocycles. The fourth-order valence-electron chi connectivity index (χ4n) is 2.91. The summed E-state index contributed by atoms with van der Waals surface area (Å²) in [5.41, 5.74) is 0.858. The topological polar surface area (TPSA) is 55.4 Å². The zero-order chi connectivity index (χ0) is 16.8. The lowest BCUT2D eigenvalue weighted by Crippen LogP contribution is -2.45. The van der Waals surface area contributed by atoms with Crippen molar-refractivity contribution in [3.05, 3.63) is 33.3 Å². The van der Waals surface area contributed by atoms with Gasteiger partial charge in [0.25, 0.3) is 0 Å². The van der Waals surface area contributed by atoms with Crippen molar-refractivity contribution in [3.8, 4) is 0 Å². The van der Waals surface area contributed by atoms with Gasteiger partial charge in [0.05, 0.1) is 7.11 Å². The molecule has 1 aliphatic rings. The van der Waals surface area contributed by atoms with Gasteiger partial charge in [-0.1, -0.05) is 46.8 Å². The van der Waals surface area contributed by atoms with E-state index in [0.717, 1.165) is 35.7 Å². The molecule has 0 spiro atoms. The molecule has 1 amide bonds. The summed E-state index contributed by atoms with van der Waals surface area (Å²) in [5, 5.41) is 3.44. The molecule has 0 bridgehead atoms. The van der Waals surface area contributed by atoms with Crippen molar-refractivity contribution in [2.45, 2.75) is 44.6 Å². The van der Waals surface area contributed by atoms with Gasteiger partial charge >= 0.3 is 5.97 Å². The molecule has 2 rings (SSSR count). The Labute approximate surface area is 150 Å². The molecule has 1 N–H and O–H groups in total. The Bertz CT molecular complexity index is 573. The number of esters is 1. The first kappa shape index (κ1) is 18.3. The molecule has 1 atom stereocenters. The monoisotopic (exact) mass is 401 g/mol. The van der Waals surface area contributed by atoms with Gasteiger partial charge in [0.1, 0.15) is 6.04 Å². The van der Waals surface area contributed by atoms with E-state index >= 15 is 0 Å². The number of amides is 1. The maximum atomic E-state index is 12.4. The van der Waals surface area contributed by atoms with Crippen LogP contribution in [-0.4, -0.2) is 25.0 Å². The molecule has 0 radical (unpaired) electrons. The van der Waals surface area contributed by atoms with Gasteiger partial charge in [-0.25, -0.2) is 4.79 Å². The highest BCUT2D eigenvalue weighted by Gasteiger charge is 2.27. The largest absolute Gasteiger partial charge is 0.467 e. The van der Waals surface area contributed by atoms with Crippen LogP contribution in [0.2, 0.25) is 5.02 Å². The van der Waals surface area contributed by atoms with Crippen LogP contribution in [0.5, 0.6) is 0 Å². The van der Waals surface area contributed by atoms with E-state index < -0.39 is 12.0 Å². The average Bonchev–Trinajstić information content (AvgIpc) is 2.57. The Morgan fingerprint density at radius 2 is 2.04 bits per heavy atom. The molecule has 6 heteroatoms. The lowest BCUT2D eigenvalue weighted by Gasteiger charge is -2.24. The van der Waals surface area contributed by atoms with Gasteiger partial charge in [0.2, 0.25) is 5.91 Å². The Morgan fingerprint density at radius 1 is 1.35 bits per heavy atom. The number of carbonyl (C=O) groups is 2. The molecule has 0 heterocycles. The van der Waals surface area contributed by atoms with Gasteiger partial charge in [-0.2, -0.15) is 0 Å². The fourth-order valence-corrected chi connectivity index (χ4v) is 3.51. The van der Waals surface area contributed by atoms with Crippen molar-refractivity contribution < 1.29 is 14.3 Å². The summed E-state index contributed by atoms with van der Waals surface area (Å²) in [4.78, 5) is 24.5. The van der Waals surface area contributed by atoms with E-state index in [2.05, 4.69) is 21.2 Å². The van der Waals surface area contributed by atoms with Crippen molar-refractivity contribution in [2.75, 3.05) is 7.11 Å².